The summed E-state index contributed by atoms with van der Waals surface area (Å²) in [6.45, 7) is 2.80. The van der Waals surface area contributed by atoms with Crippen LogP contribution in [0, 0.1) is 6.92 Å². The topological polar surface area (TPSA) is 66.0 Å². The molecule has 178 valence electrons. The first kappa shape index (κ1) is 23.6. The maximum absolute atomic E-state index is 13.0. The van der Waals surface area contributed by atoms with E-state index in [9.17, 15) is 4.79 Å². The summed E-state index contributed by atoms with van der Waals surface area (Å²) in [5, 5.41) is 3.70. The quantitative estimate of drug-likeness (QED) is 0.544. The lowest BCUT2D eigenvalue weighted by Gasteiger charge is -2.20. The molecule has 1 atom stereocenters. The van der Waals surface area contributed by atoms with Crippen molar-refractivity contribution in [1.82, 2.24) is 5.32 Å². The standard InChI is InChI=1S/C28H31NO5/c1-17-8-6-7-9-19(17)16-29-22-12-10-18-14-25(32-3)27(33-4)28(34-5)26(18)20-11-13-24(31-2)23(30)15-21(20)22/h6-9,11,13-15,22,29H,10,12,16H2,1-5H3. The summed E-state index contributed by atoms with van der Waals surface area (Å²) in [5.74, 6) is 2.04. The Balaban J connectivity index is 1.91. The second-order valence-electron chi connectivity index (χ2n) is 8.36. The number of hydrogen-bond donors (Lipinski definition) is 1. The fourth-order valence-corrected chi connectivity index (χ4v) is 4.72. The predicted molar refractivity (Wildman–Crippen MR) is 133 cm³/mol. The molecule has 4 rings (SSSR count). The molecule has 0 radical (unpaired) electrons. The molecular formula is C28H31NO5. The average Bonchev–Trinajstić information content (AvgIpc) is 3.10. The van der Waals surface area contributed by atoms with Crippen molar-refractivity contribution in [2.45, 2.75) is 32.4 Å². The van der Waals surface area contributed by atoms with E-state index < -0.39 is 0 Å². The van der Waals surface area contributed by atoms with Crippen LogP contribution in [0.15, 0.2) is 53.3 Å². The van der Waals surface area contributed by atoms with Crippen LogP contribution in [0.3, 0.4) is 0 Å². The predicted octanol–water partition coefficient (Wildman–Crippen LogP) is 4.83. The summed E-state index contributed by atoms with van der Waals surface area (Å²) in [4.78, 5) is 13.0. The van der Waals surface area contributed by atoms with Gasteiger partial charge in [0.05, 0.1) is 28.4 Å². The van der Waals surface area contributed by atoms with E-state index in [4.69, 9.17) is 18.9 Å². The highest BCUT2D eigenvalue weighted by Gasteiger charge is 2.29. The van der Waals surface area contributed by atoms with E-state index in [2.05, 4.69) is 24.4 Å². The smallest absolute Gasteiger partial charge is 0.220 e. The molecule has 1 unspecified atom stereocenters. The number of aryl methyl sites for hydroxylation is 2. The second kappa shape index (κ2) is 10.2. The zero-order valence-electron chi connectivity index (χ0n) is 20.4. The van der Waals surface area contributed by atoms with E-state index >= 15 is 0 Å². The van der Waals surface area contributed by atoms with Gasteiger partial charge in [-0.3, -0.25) is 4.79 Å². The Morgan fingerprint density at radius 3 is 2.29 bits per heavy atom. The van der Waals surface area contributed by atoms with Crippen LogP contribution in [0.1, 0.15) is 34.7 Å². The molecule has 3 aromatic carbocycles. The molecule has 0 bridgehead atoms. The molecule has 1 N–H and O–H groups in total. The maximum Gasteiger partial charge on any atom is 0.220 e. The highest BCUT2D eigenvalue weighted by atomic mass is 16.5. The molecule has 0 heterocycles. The molecule has 6 heteroatoms. The van der Waals surface area contributed by atoms with Gasteiger partial charge in [0.2, 0.25) is 11.2 Å². The van der Waals surface area contributed by atoms with E-state index in [1.165, 1.54) is 18.2 Å². The third-order valence-electron chi connectivity index (χ3n) is 6.52. The first-order chi connectivity index (χ1) is 16.5. The van der Waals surface area contributed by atoms with Gasteiger partial charge in [0.15, 0.2) is 17.2 Å². The molecule has 0 spiro atoms. The van der Waals surface area contributed by atoms with Crippen molar-refractivity contribution in [3.8, 4) is 34.1 Å². The highest BCUT2D eigenvalue weighted by Crippen LogP contribution is 2.50. The Hall–Kier alpha value is -3.51. The number of rotatable bonds is 7. The Labute approximate surface area is 200 Å². The Morgan fingerprint density at radius 2 is 1.62 bits per heavy atom. The van der Waals surface area contributed by atoms with E-state index in [1.807, 2.05) is 24.3 Å². The fraction of sp³-hybridized carbons (Fsp3) is 0.321. The van der Waals surface area contributed by atoms with Gasteiger partial charge < -0.3 is 24.3 Å². The molecule has 34 heavy (non-hydrogen) atoms. The van der Waals surface area contributed by atoms with Crippen LogP contribution in [-0.4, -0.2) is 28.4 Å². The number of hydrogen-bond acceptors (Lipinski definition) is 6. The molecule has 0 aliphatic heterocycles. The molecule has 0 fully saturated rings. The molecule has 6 nitrogen and oxygen atoms in total. The van der Waals surface area contributed by atoms with Crippen molar-refractivity contribution in [3.05, 3.63) is 81.0 Å². The number of ether oxygens (including phenoxy) is 4. The van der Waals surface area contributed by atoms with Crippen LogP contribution in [0.2, 0.25) is 0 Å². The summed E-state index contributed by atoms with van der Waals surface area (Å²) in [6.07, 6.45) is 1.58. The lowest BCUT2D eigenvalue weighted by Crippen LogP contribution is -2.22. The van der Waals surface area contributed by atoms with Crippen LogP contribution < -0.4 is 29.7 Å². The van der Waals surface area contributed by atoms with Crippen molar-refractivity contribution in [3.63, 3.8) is 0 Å². The van der Waals surface area contributed by atoms with Crippen molar-refractivity contribution < 1.29 is 18.9 Å². The Morgan fingerprint density at radius 1 is 0.882 bits per heavy atom. The van der Waals surface area contributed by atoms with Crippen molar-refractivity contribution in [2.24, 2.45) is 0 Å². The summed E-state index contributed by atoms with van der Waals surface area (Å²) in [5.41, 5.74) is 6.11. The molecule has 3 aromatic rings. The van der Waals surface area contributed by atoms with Gasteiger partial charge in [0.25, 0.3) is 0 Å². The average molecular weight is 462 g/mol. The van der Waals surface area contributed by atoms with Gasteiger partial charge in [-0.2, -0.15) is 0 Å². The fourth-order valence-electron chi connectivity index (χ4n) is 4.72. The Bertz CT molecular complexity index is 1250. The van der Waals surface area contributed by atoms with E-state index in [0.717, 1.165) is 35.1 Å². The molecule has 0 saturated heterocycles. The van der Waals surface area contributed by atoms with Crippen LogP contribution >= 0.6 is 0 Å². The normalized spacial score (nSPS) is 14.4. The third-order valence-corrected chi connectivity index (χ3v) is 6.52. The van der Waals surface area contributed by atoms with Gasteiger partial charge in [-0.1, -0.05) is 30.3 Å². The SMILES string of the molecule is COc1cc2c(c(OC)c1OC)-c1ccc(OC)c(=O)cc1C(NCc1ccccc1C)CC2. The zero-order valence-corrected chi connectivity index (χ0v) is 20.4. The van der Waals surface area contributed by atoms with Crippen LogP contribution in [0.25, 0.3) is 11.1 Å². The van der Waals surface area contributed by atoms with Gasteiger partial charge in [0, 0.05) is 18.2 Å². The first-order valence-electron chi connectivity index (χ1n) is 11.3. The summed E-state index contributed by atoms with van der Waals surface area (Å²) in [7, 11) is 6.35. The molecule has 1 aliphatic rings. The minimum atomic E-state index is -0.158. The molecule has 0 saturated carbocycles. The summed E-state index contributed by atoms with van der Waals surface area (Å²) in [6, 6.07) is 15.6. The van der Waals surface area contributed by atoms with Gasteiger partial charge in [-0.15, -0.1) is 0 Å². The van der Waals surface area contributed by atoms with Crippen molar-refractivity contribution in [1.29, 1.82) is 0 Å². The largest absolute Gasteiger partial charge is 0.493 e. The lowest BCUT2D eigenvalue weighted by atomic mass is 9.95. The molecular weight excluding hydrogens is 430 g/mol. The molecule has 0 aromatic heterocycles. The first-order valence-corrected chi connectivity index (χ1v) is 11.3. The van der Waals surface area contributed by atoms with Crippen LogP contribution in [-0.2, 0) is 13.0 Å². The van der Waals surface area contributed by atoms with Crippen molar-refractivity contribution in [2.75, 3.05) is 28.4 Å². The van der Waals surface area contributed by atoms with E-state index in [1.54, 1.807) is 33.5 Å². The molecule has 1 aliphatic carbocycles. The number of fused-ring (bicyclic) bond motifs is 3. The maximum atomic E-state index is 13.0. The molecule has 0 amide bonds. The van der Waals surface area contributed by atoms with E-state index in [-0.39, 0.29) is 11.5 Å². The van der Waals surface area contributed by atoms with Gasteiger partial charge >= 0.3 is 0 Å². The summed E-state index contributed by atoms with van der Waals surface area (Å²) >= 11 is 0. The van der Waals surface area contributed by atoms with Crippen molar-refractivity contribution >= 4 is 0 Å². The number of nitrogens with one attached hydrogen (secondary N) is 1. The monoisotopic (exact) mass is 461 g/mol. The van der Waals surface area contributed by atoms with Gasteiger partial charge in [-0.05, 0) is 65.8 Å². The van der Waals surface area contributed by atoms with Gasteiger partial charge in [-0.25, -0.2) is 0 Å². The Kier molecular flexibility index (Phi) is 7.08. The minimum absolute atomic E-state index is 0.0477. The third kappa shape index (κ3) is 4.33. The highest BCUT2D eigenvalue weighted by molar-refractivity contribution is 5.82. The van der Waals surface area contributed by atoms with Crippen LogP contribution in [0.4, 0.5) is 0 Å². The summed E-state index contributed by atoms with van der Waals surface area (Å²) < 4.78 is 22.5. The second-order valence-corrected chi connectivity index (χ2v) is 8.36. The lowest BCUT2D eigenvalue weighted by molar-refractivity contribution is 0.324. The minimum Gasteiger partial charge on any atom is -0.493 e. The zero-order chi connectivity index (χ0) is 24.2. The number of methoxy groups -OCH3 is 4. The number of benzene rings is 2. The van der Waals surface area contributed by atoms with E-state index in [0.29, 0.717) is 29.5 Å². The van der Waals surface area contributed by atoms with Crippen LogP contribution in [0.5, 0.6) is 23.0 Å². The van der Waals surface area contributed by atoms with Gasteiger partial charge in [0.1, 0.15) is 0 Å².